The summed E-state index contributed by atoms with van der Waals surface area (Å²) in [5.74, 6) is 0. The first-order valence-electron chi connectivity index (χ1n) is 6.58. The Morgan fingerprint density at radius 1 is 1.20 bits per heavy atom. The molecular formula is C15H15BrN4. The molecule has 20 heavy (non-hydrogen) atoms. The summed E-state index contributed by atoms with van der Waals surface area (Å²) < 4.78 is 3.01. The summed E-state index contributed by atoms with van der Waals surface area (Å²) in [4.78, 5) is 4.38. The van der Waals surface area contributed by atoms with Crippen LogP contribution in [0.1, 0.15) is 6.42 Å². The number of nitrogens with zero attached hydrogens (tertiary/aromatic N) is 3. The molecule has 0 bridgehead atoms. The van der Waals surface area contributed by atoms with Crippen LogP contribution in [0.2, 0.25) is 0 Å². The zero-order valence-electron chi connectivity index (χ0n) is 11.0. The van der Waals surface area contributed by atoms with Crippen LogP contribution in [0.4, 0.5) is 5.69 Å². The first-order chi connectivity index (χ1) is 9.83. The average Bonchev–Trinajstić information content (AvgIpc) is 2.97. The molecule has 0 atom stereocenters. The lowest BCUT2D eigenvalue weighted by Gasteiger charge is -2.09. The second kappa shape index (κ2) is 6.05. The highest BCUT2D eigenvalue weighted by atomic mass is 79.9. The summed E-state index contributed by atoms with van der Waals surface area (Å²) in [5.41, 5.74) is 2.13. The van der Waals surface area contributed by atoms with Crippen LogP contribution in [-0.2, 0) is 6.54 Å². The van der Waals surface area contributed by atoms with Crippen LogP contribution in [0.25, 0.3) is 10.9 Å². The van der Waals surface area contributed by atoms with Crippen LogP contribution >= 0.6 is 15.9 Å². The third kappa shape index (κ3) is 2.99. The normalized spacial score (nSPS) is 10.8. The summed E-state index contributed by atoms with van der Waals surface area (Å²) in [6.07, 6.45) is 6.66. The number of aromatic nitrogens is 3. The molecule has 0 amide bonds. The van der Waals surface area contributed by atoms with Crippen LogP contribution in [0.3, 0.4) is 0 Å². The van der Waals surface area contributed by atoms with E-state index < -0.39 is 0 Å². The molecule has 1 aromatic carbocycles. The van der Waals surface area contributed by atoms with E-state index in [1.807, 2.05) is 41.3 Å². The molecule has 4 nitrogen and oxygen atoms in total. The third-order valence-electron chi connectivity index (χ3n) is 3.14. The lowest BCUT2D eigenvalue weighted by molar-refractivity contribution is 0.592. The topological polar surface area (TPSA) is 42.7 Å². The van der Waals surface area contributed by atoms with E-state index in [4.69, 9.17) is 0 Å². The highest BCUT2D eigenvalue weighted by Gasteiger charge is 2.02. The Labute approximate surface area is 126 Å². The van der Waals surface area contributed by atoms with Gasteiger partial charge in [-0.05, 0) is 36.8 Å². The standard InChI is InChI=1S/C15H15BrN4/c16-12-3-4-14-13(11-12)15(5-8-18-14)17-6-1-9-20-10-2-7-19-20/h2-5,7-8,10-11H,1,6,9H2,(H,17,18). The van der Waals surface area contributed by atoms with Gasteiger partial charge in [0.1, 0.15) is 0 Å². The van der Waals surface area contributed by atoms with Crippen LogP contribution in [-0.4, -0.2) is 21.3 Å². The van der Waals surface area contributed by atoms with Gasteiger partial charge in [0, 0.05) is 47.2 Å². The van der Waals surface area contributed by atoms with E-state index in [1.165, 1.54) is 0 Å². The average molecular weight is 331 g/mol. The van der Waals surface area contributed by atoms with Crippen molar-refractivity contribution in [3.05, 3.63) is 53.4 Å². The number of fused-ring (bicyclic) bond motifs is 1. The summed E-state index contributed by atoms with van der Waals surface area (Å²) in [6, 6.07) is 10.1. The second-order valence-corrected chi connectivity index (χ2v) is 5.49. The van der Waals surface area contributed by atoms with E-state index >= 15 is 0 Å². The Morgan fingerprint density at radius 3 is 3.00 bits per heavy atom. The summed E-state index contributed by atoms with van der Waals surface area (Å²) in [5, 5.41) is 8.81. The lowest BCUT2D eigenvalue weighted by atomic mass is 10.2. The molecule has 1 N–H and O–H groups in total. The van der Waals surface area contributed by atoms with Gasteiger partial charge >= 0.3 is 0 Å². The highest BCUT2D eigenvalue weighted by molar-refractivity contribution is 9.10. The number of hydrogen-bond donors (Lipinski definition) is 1. The molecule has 0 aliphatic rings. The minimum Gasteiger partial charge on any atom is -0.384 e. The van der Waals surface area contributed by atoms with Crippen LogP contribution in [0.5, 0.6) is 0 Å². The molecule has 2 heterocycles. The zero-order chi connectivity index (χ0) is 13.8. The van der Waals surface area contributed by atoms with Gasteiger partial charge in [-0.2, -0.15) is 5.10 Å². The summed E-state index contributed by atoms with van der Waals surface area (Å²) >= 11 is 3.51. The fraction of sp³-hybridized carbons (Fsp3) is 0.200. The predicted molar refractivity (Wildman–Crippen MR) is 84.8 cm³/mol. The van der Waals surface area contributed by atoms with Crippen LogP contribution < -0.4 is 5.32 Å². The Morgan fingerprint density at radius 2 is 2.15 bits per heavy atom. The number of benzene rings is 1. The van der Waals surface area contributed by atoms with Crippen molar-refractivity contribution in [2.45, 2.75) is 13.0 Å². The number of rotatable bonds is 5. The SMILES string of the molecule is Brc1ccc2nccc(NCCCn3cccn3)c2c1. The molecule has 5 heteroatoms. The monoisotopic (exact) mass is 330 g/mol. The fourth-order valence-corrected chi connectivity index (χ4v) is 2.53. The van der Waals surface area contributed by atoms with E-state index in [2.05, 4.69) is 37.4 Å². The lowest BCUT2D eigenvalue weighted by Crippen LogP contribution is -2.07. The Balaban J connectivity index is 1.66. The molecule has 0 saturated heterocycles. The van der Waals surface area contributed by atoms with Crippen LogP contribution in [0, 0.1) is 0 Å². The molecule has 0 fully saturated rings. The van der Waals surface area contributed by atoms with Gasteiger partial charge in [-0.15, -0.1) is 0 Å². The van der Waals surface area contributed by atoms with Gasteiger partial charge in [-0.1, -0.05) is 15.9 Å². The van der Waals surface area contributed by atoms with Crippen molar-refractivity contribution < 1.29 is 0 Å². The Kier molecular flexibility index (Phi) is 3.97. The van der Waals surface area contributed by atoms with Crippen molar-refractivity contribution in [2.24, 2.45) is 0 Å². The predicted octanol–water partition coefficient (Wildman–Crippen LogP) is 3.70. The van der Waals surface area contributed by atoms with Crippen molar-refractivity contribution in [1.82, 2.24) is 14.8 Å². The number of aryl methyl sites for hydroxylation is 1. The maximum absolute atomic E-state index is 4.38. The molecule has 0 saturated carbocycles. The maximum Gasteiger partial charge on any atom is 0.0723 e. The van der Waals surface area contributed by atoms with Crippen LogP contribution in [0.15, 0.2) is 53.4 Å². The van der Waals surface area contributed by atoms with Crippen molar-refractivity contribution in [2.75, 3.05) is 11.9 Å². The first kappa shape index (κ1) is 13.1. The molecule has 0 spiro atoms. The van der Waals surface area contributed by atoms with E-state index in [9.17, 15) is 0 Å². The van der Waals surface area contributed by atoms with Gasteiger partial charge in [0.2, 0.25) is 0 Å². The molecular weight excluding hydrogens is 316 g/mol. The van der Waals surface area contributed by atoms with Gasteiger partial charge in [-0.25, -0.2) is 0 Å². The molecule has 0 aliphatic heterocycles. The van der Waals surface area contributed by atoms with Gasteiger partial charge < -0.3 is 5.32 Å². The van der Waals surface area contributed by atoms with Crippen molar-refractivity contribution in [3.8, 4) is 0 Å². The van der Waals surface area contributed by atoms with Crippen molar-refractivity contribution in [1.29, 1.82) is 0 Å². The minimum atomic E-state index is 0.908. The molecule has 102 valence electrons. The Hall–Kier alpha value is -1.88. The van der Waals surface area contributed by atoms with E-state index in [0.29, 0.717) is 0 Å². The minimum absolute atomic E-state index is 0.908. The molecule has 0 radical (unpaired) electrons. The van der Waals surface area contributed by atoms with E-state index in [0.717, 1.165) is 40.6 Å². The first-order valence-corrected chi connectivity index (χ1v) is 7.38. The van der Waals surface area contributed by atoms with Gasteiger partial charge in [0.15, 0.2) is 0 Å². The highest BCUT2D eigenvalue weighted by Crippen LogP contribution is 2.24. The smallest absolute Gasteiger partial charge is 0.0723 e. The summed E-state index contributed by atoms with van der Waals surface area (Å²) in [6.45, 7) is 1.83. The number of halogens is 1. The maximum atomic E-state index is 4.38. The number of pyridine rings is 1. The van der Waals surface area contributed by atoms with Gasteiger partial charge in [0.25, 0.3) is 0 Å². The van der Waals surface area contributed by atoms with E-state index in [-0.39, 0.29) is 0 Å². The third-order valence-corrected chi connectivity index (χ3v) is 3.64. The number of anilines is 1. The Bertz CT molecular complexity index is 694. The second-order valence-electron chi connectivity index (χ2n) is 4.57. The number of hydrogen-bond acceptors (Lipinski definition) is 3. The molecule has 3 rings (SSSR count). The summed E-state index contributed by atoms with van der Waals surface area (Å²) in [7, 11) is 0. The molecule has 0 aliphatic carbocycles. The molecule has 2 aromatic heterocycles. The fourth-order valence-electron chi connectivity index (χ4n) is 2.17. The largest absolute Gasteiger partial charge is 0.384 e. The van der Waals surface area contributed by atoms with Gasteiger partial charge in [-0.3, -0.25) is 9.67 Å². The van der Waals surface area contributed by atoms with E-state index in [1.54, 1.807) is 6.20 Å². The van der Waals surface area contributed by atoms with Crippen molar-refractivity contribution >= 4 is 32.5 Å². The number of nitrogens with one attached hydrogen (secondary N) is 1. The zero-order valence-corrected chi connectivity index (χ0v) is 12.5. The molecule has 0 unspecified atom stereocenters. The quantitative estimate of drug-likeness (QED) is 0.725. The van der Waals surface area contributed by atoms with Gasteiger partial charge in [0.05, 0.1) is 5.52 Å². The van der Waals surface area contributed by atoms with Crippen molar-refractivity contribution in [3.63, 3.8) is 0 Å². The molecule has 3 aromatic rings.